The third kappa shape index (κ3) is 3.15. The van der Waals surface area contributed by atoms with Crippen LogP contribution in [0.1, 0.15) is 6.42 Å². The van der Waals surface area contributed by atoms with E-state index in [9.17, 15) is 17.2 Å². The van der Waals surface area contributed by atoms with E-state index in [0.29, 0.717) is 38.3 Å². The van der Waals surface area contributed by atoms with Crippen LogP contribution in [0.4, 0.5) is 8.78 Å². The van der Waals surface area contributed by atoms with E-state index in [4.69, 9.17) is 0 Å². The average Bonchev–Trinajstić information content (AvgIpc) is 3.00. The number of hydrogen-bond acceptors (Lipinski definition) is 4. The summed E-state index contributed by atoms with van der Waals surface area (Å²) in [6.07, 6.45) is 1.07. The van der Waals surface area contributed by atoms with Gasteiger partial charge in [-0.05, 0) is 25.1 Å². The Morgan fingerprint density at radius 3 is 2.23 bits per heavy atom. The van der Waals surface area contributed by atoms with Crippen molar-refractivity contribution >= 4 is 10.0 Å². The van der Waals surface area contributed by atoms with Gasteiger partial charge in [0.1, 0.15) is 11.6 Å². The summed E-state index contributed by atoms with van der Waals surface area (Å²) in [7, 11) is -3.84. The molecule has 2 heterocycles. The number of piperazine rings is 1. The van der Waals surface area contributed by atoms with Crippen molar-refractivity contribution in [1.82, 2.24) is 14.5 Å². The second-order valence-electron chi connectivity index (χ2n) is 5.69. The minimum absolute atomic E-state index is 0.319. The molecule has 1 N–H and O–H groups in total. The largest absolute Gasteiger partial charge is 0.315 e. The predicted molar refractivity (Wildman–Crippen MR) is 78.0 cm³/mol. The Balaban J connectivity index is 1.71. The van der Waals surface area contributed by atoms with Crippen LogP contribution in [-0.4, -0.2) is 62.9 Å². The van der Waals surface area contributed by atoms with Crippen LogP contribution in [0.2, 0.25) is 0 Å². The second kappa shape index (κ2) is 6.19. The Kier molecular flexibility index (Phi) is 4.44. The highest BCUT2D eigenvalue weighted by molar-refractivity contribution is 7.89. The van der Waals surface area contributed by atoms with Crippen molar-refractivity contribution in [3.8, 4) is 0 Å². The zero-order valence-corrected chi connectivity index (χ0v) is 13.0. The molecule has 2 saturated heterocycles. The van der Waals surface area contributed by atoms with Gasteiger partial charge in [-0.2, -0.15) is 4.31 Å². The third-order valence-electron chi connectivity index (χ3n) is 4.30. The molecule has 2 fully saturated rings. The van der Waals surface area contributed by atoms with E-state index < -0.39 is 21.7 Å². The van der Waals surface area contributed by atoms with Crippen LogP contribution >= 0.6 is 0 Å². The van der Waals surface area contributed by atoms with E-state index in [1.165, 1.54) is 4.31 Å². The van der Waals surface area contributed by atoms with Crippen LogP contribution in [0.5, 0.6) is 0 Å². The van der Waals surface area contributed by atoms with Crippen molar-refractivity contribution in [2.75, 3.05) is 39.3 Å². The van der Waals surface area contributed by atoms with Crippen molar-refractivity contribution in [1.29, 1.82) is 0 Å². The first kappa shape index (κ1) is 15.8. The van der Waals surface area contributed by atoms with Crippen molar-refractivity contribution in [3.05, 3.63) is 29.8 Å². The molecule has 0 aromatic heterocycles. The lowest BCUT2D eigenvalue weighted by molar-refractivity contribution is 0.145. The van der Waals surface area contributed by atoms with Gasteiger partial charge in [0, 0.05) is 44.8 Å². The number of hydrogen-bond donors (Lipinski definition) is 1. The van der Waals surface area contributed by atoms with Crippen molar-refractivity contribution < 1.29 is 17.2 Å². The molecule has 22 heavy (non-hydrogen) atoms. The maximum Gasteiger partial charge on any atom is 0.243 e. The van der Waals surface area contributed by atoms with Gasteiger partial charge in [0.15, 0.2) is 0 Å². The van der Waals surface area contributed by atoms with Gasteiger partial charge in [0.25, 0.3) is 0 Å². The summed E-state index contributed by atoms with van der Waals surface area (Å²) in [4.78, 5) is 1.96. The van der Waals surface area contributed by atoms with Gasteiger partial charge >= 0.3 is 0 Å². The first-order chi connectivity index (χ1) is 10.5. The summed E-state index contributed by atoms with van der Waals surface area (Å²) in [5.41, 5.74) is 0. The Morgan fingerprint density at radius 1 is 1.05 bits per heavy atom. The smallest absolute Gasteiger partial charge is 0.243 e. The van der Waals surface area contributed by atoms with Crippen molar-refractivity contribution in [2.45, 2.75) is 17.4 Å². The van der Waals surface area contributed by atoms with Crippen LogP contribution in [-0.2, 0) is 10.0 Å². The number of rotatable bonds is 3. The van der Waals surface area contributed by atoms with E-state index in [0.717, 1.165) is 31.6 Å². The molecule has 0 aliphatic carbocycles. The molecule has 8 heteroatoms. The van der Waals surface area contributed by atoms with Gasteiger partial charge < -0.3 is 5.32 Å². The summed E-state index contributed by atoms with van der Waals surface area (Å²) in [6, 6.07) is 2.86. The van der Waals surface area contributed by atoms with Gasteiger partial charge in [0.05, 0.1) is 4.90 Å². The van der Waals surface area contributed by atoms with Crippen molar-refractivity contribution in [3.63, 3.8) is 0 Å². The molecular weight excluding hydrogens is 312 g/mol. The third-order valence-corrected chi connectivity index (χ3v) is 6.17. The van der Waals surface area contributed by atoms with E-state index in [-0.39, 0.29) is 4.90 Å². The lowest BCUT2D eigenvalue weighted by Crippen LogP contribution is -2.52. The minimum Gasteiger partial charge on any atom is -0.315 e. The molecule has 0 spiro atoms. The summed E-state index contributed by atoms with van der Waals surface area (Å²) in [5, 5.41) is 3.29. The predicted octanol–water partition coefficient (Wildman–Crippen LogP) is 0.633. The van der Waals surface area contributed by atoms with E-state index in [2.05, 4.69) is 10.2 Å². The van der Waals surface area contributed by atoms with Crippen molar-refractivity contribution in [2.24, 2.45) is 0 Å². The zero-order chi connectivity index (χ0) is 15.7. The lowest BCUT2D eigenvalue weighted by atomic mass is 10.2. The van der Waals surface area contributed by atoms with Crippen LogP contribution in [0.3, 0.4) is 0 Å². The molecule has 0 saturated carbocycles. The Labute approximate surface area is 129 Å². The lowest BCUT2D eigenvalue weighted by Gasteiger charge is -2.37. The number of sulfonamides is 1. The molecule has 0 amide bonds. The molecule has 1 aromatic rings. The van der Waals surface area contributed by atoms with Crippen LogP contribution in [0, 0.1) is 11.6 Å². The molecule has 5 nitrogen and oxygen atoms in total. The normalized spacial score (nSPS) is 24.7. The Hall–Kier alpha value is -1.09. The average molecular weight is 331 g/mol. The van der Waals surface area contributed by atoms with Gasteiger partial charge in [-0.15, -0.1) is 0 Å². The fraction of sp³-hybridized carbons (Fsp3) is 0.571. The summed E-state index contributed by atoms with van der Waals surface area (Å²) < 4.78 is 52.8. The highest BCUT2D eigenvalue weighted by Crippen LogP contribution is 2.21. The monoisotopic (exact) mass is 331 g/mol. The maximum atomic E-state index is 13.3. The first-order valence-corrected chi connectivity index (χ1v) is 8.82. The molecule has 2 aliphatic heterocycles. The number of nitrogens with one attached hydrogen (secondary N) is 1. The molecule has 0 bridgehead atoms. The minimum atomic E-state index is -3.84. The second-order valence-corrected chi connectivity index (χ2v) is 7.63. The summed E-state index contributed by atoms with van der Waals surface area (Å²) in [6.45, 7) is 3.90. The Bertz CT molecular complexity index is 619. The fourth-order valence-electron chi connectivity index (χ4n) is 3.09. The number of nitrogens with zero attached hydrogens (tertiary/aromatic N) is 2. The van der Waals surface area contributed by atoms with Crippen LogP contribution in [0.25, 0.3) is 0 Å². The Morgan fingerprint density at radius 2 is 1.68 bits per heavy atom. The molecule has 3 rings (SSSR count). The van der Waals surface area contributed by atoms with Gasteiger partial charge in [-0.3, -0.25) is 4.90 Å². The number of benzene rings is 1. The van der Waals surface area contributed by atoms with E-state index in [1.54, 1.807) is 0 Å². The first-order valence-electron chi connectivity index (χ1n) is 7.38. The van der Waals surface area contributed by atoms with Gasteiger partial charge in [-0.25, -0.2) is 17.2 Å². The highest BCUT2D eigenvalue weighted by atomic mass is 32.2. The van der Waals surface area contributed by atoms with E-state index in [1.807, 2.05) is 0 Å². The molecule has 1 atom stereocenters. The summed E-state index contributed by atoms with van der Waals surface area (Å²) >= 11 is 0. The van der Waals surface area contributed by atoms with Gasteiger partial charge in [-0.1, -0.05) is 0 Å². The molecular formula is C14H19F2N3O2S. The topological polar surface area (TPSA) is 52.7 Å². The maximum absolute atomic E-state index is 13.3. The molecule has 1 aromatic carbocycles. The standard InChI is InChI=1S/C14H19F2N3O2S/c15-11-7-12(16)9-14(8-11)22(20,21)19-5-3-18(4-6-19)13-1-2-17-10-13/h7-9,13,17H,1-6,10H2. The van der Waals surface area contributed by atoms with Gasteiger partial charge in [0.2, 0.25) is 10.0 Å². The highest BCUT2D eigenvalue weighted by Gasteiger charge is 2.32. The molecule has 0 radical (unpaired) electrons. The van der Waals surface area contributed by atoms with Crippen LogP contribution in [0.15, 0.2) is 23.1 Å². The summed E-state index contributed by atoms with van der Waals surface area (Å²) in [5.74, 6) is -1.76. The van der Waals surface area contributed by atoms with Crippen LogP contribution < -0.4 is 5.32 Å². The molecule has 1 unspecified atom stereocenters. The quantitative estimate of drug-likeness (QED) is 0.883. The molecule has 2 aliphatic rings. The SMILES string of the molecule is O=S(=O)(c1cc(F)cc(F)c1)N1CCN(C2CCNC2)CC1. The molecule has 122 valence electrons. The fourth-order valence-corrected chi connectivity index (χ4v) is 4.55. The zero-order valence-electron chi connectivity index (χ0n) is 12.1. The number of halogens is 2. The van der Waals surface area contributed by atoms with E-state index >= 15 is 0 Å².